The summed E-state index contributed by atoms with van der Waals surface area (Å²) < 4.78 is 25.6. The highest BCUT2D eigenvalue weighted by atomic mass is 19.1. The van der Waals surface area contributed by atoms with E-state index in [-0.39, 0.29) is 18.4 Å². The first-order valence-corrected chi connectivity index (χ1v) is 9.45. The molecule has 156 valence electrons. The third kappa shape index (κ3) is 3.53. The fraction of sp³-hybridized carbons (Fsp3) is 0.286. The lowest BCUT2D eigenvalue weighted by molar-refractivity contribution is -0.139. The van der Waals surface area contributed by atoms with E-state index < -0.39 is 17.1 Å². The van der Waals surface area contributed by atoms with E-state index in [9.17, 15) is 10.0 Å². The van der Waals surface area contributed by atoms with Gasteiger partial charge in [0, 0.05) is 48.3 Å². The van der Waals surface area contributed by atoms with Crippen molar-refractivity contribution in [3.63, 3.8) is 0 Å². The molecular formula is C21H21FN4O4. The molecule has 3 N–H and O–H groups in total. The number of pyridine rings is 2. The van der Waals surface area contributed by atoms with Gasteiger partial charge in [-0.1, -0.05) is 6.07 Å². The number of ether oxygens (including phenoxy) is 2. The highest BCUT2D eigenvalue weighted by Crippen LogP contribution is 2.38. The number of anilines is 2. The van der Waals surface area contributed by atoms with E-state index in [4.69, 9.17) is 9.47 Å². The average Bonchev–Trinajstić information content (AvgIpc) is 2.78. The first-order valence-electron chi connectivity index (χ1n) is 9.45. The molecule has 0 aliphatic carbocycles. The number of nitrogens with zero attached hydrogens (tertiary/aromatic N) is 2. The number of aromatic nitrogens is 2. The van der Waals surface area contributed by atoms with Gasteiger partial charge in [0.2, 0.25) is 5.88 Å². The molecule has 0 radical (unpaired) electrons. The predicted molar refractivity (Wildman–Crippen MR) is 107 cm³/mol. The van der Waals surface area contributed by atoms with Crippen molar-refractivity contribution in [1.82, 2.24) is 15.4 Å². The Morgan fingerprint density at radius 1 is 1.23 bits per heavy atom. The zero-order valence-electron chi connectivity index (χ0n) is 16.3. The van der Waals surface area contributed by atoms with Crippen molar-refractivity contribution >= 4 is 28.2 Å². The van der Waals surface area contributed by atoms with Crippen LogP contribution in [0.1, 0.15) is 18.4 Å². The Morgan fingerprint density at radius 3 is 2.73 bits per heavy atom. The largest absolute Gasteiger partial charge is 0.481 e. The van der Waals surface area contributed by atoms with Crippen LogP contribution in [0.2, 0.25) is 0 Å². The number of fused-ring (bicyclic) bond motifs is 1. The van der Waals surface area contributed by atoms with Gasteiger partial charge in [0.05, 0.1) is 23.7 Å². The van der Waals surface area contributed by atoms with Crippen molar-refractivity contribution < 1.29 is 23.9 Å². The van der Waals surface area contributed by atoms with Crippen molar-refractivity contribution in [2.75, 3.05) is 25.6 Å². The molecule has 1 aromatic carbocycles. The summed E-state index contributed by atoms with van der Waals surface area (Å²) in [6, 6.07) is 8.08. The molecule has 1 amide bonds. The molecule has 3 aromatic rings. The molecule has 1 aliphatic heterocycles. The Kier molecular flexibility index (Phi) is 5.47. The van der Waals surface area contributed by atoms with Crippen LogP contribution < -0.4 is 15.5 Å². The monoisotopic (exact) mass is 412 g/mol. The van der Waals surface area contributed by atoms with Crippen LogP contribution in [0.5, 0.6) is 5.88 Å². The number of halogens is 1. The lowest BCUT2D eigenvalue weighted by Gasteiger charge is -2.35. The van der Waals surface area contributed by atoms with Crippen molar-refractivity contribution in [3.05, 3.63) is 54.1 Å². The molecule has 1 aliphatic rings. The molecular weight excluding hydrogens is 391 g/mol. The molecule has 0 unspecified atom stereocenters. The van der Waals surface area contributed by atoms with Crippen molar-refractivity contribution in [1.29, 1.82) is 0 Å². The molecule has 4 rings (SSSR count). The number of amides is 1. The van der Waals surface area contributed by atoms with Crippen LogP contribution in [0.3, 0.4) is 0 Å². The van der Waals surface area contributed by atoms with Gasteiger partial charge in [-0.3, -0.25) is 15.0 Å². The van der Waals surface area contributed by atoms with Gasteiger partial charge in [-0.25, -0.2) is 14.9 Å². The predicted octanol–water partition coefficient (Wildman–Crippen LogP) is 3.07. The Bertz CT molecular complexity index is 1090. The summed E-state index contributed by atoms with van der Waals surface area (Å²) in [5.74, 6) is -0.722. The normalized spacial score (nSPS) is 15.6. The fourth-order valence-corrected chi connectivity index (χ4v) is 3.83. The summed E-state index contributed by atoms with van der Waals surface area (Å²) >= 11 is 0. The number of carbonyl (C=O) groups is 1. The van der Waals surface area contributed by atoms with E-state index in [1.807, 2.05) is 0 Å². The fourth-order valence-electron chi connectivity index (χ4n) is 3.83. The third-order valence-electron chi connectivity index (χ3n) is 5.46. The third-order valence-corrected chi connectivity index (χ3v) is 5.46. The van der Waals surface area contributed by atoms with E-state index in [2.05, 4.69) is 15.3 Å². The van der Waals surface area contributed by atoms with Crippen molar-refractivity contribution in [3.8, 4) is 5.88 Å². The highest BCUT2D eigenvalue weighted by Gasteiger charge is 2.43. The lowest BCUT2D eigenvalue weighted by Crippen LogP contribution is -2.47. The summed E-state index contributed by atoms with van der Waals surface area (Å²) in [4.78, 5) is 20.9. The summed E-state index contributed by atoms with van der Waals surface area (Å²) in [6.45, 7) is 0.624. The van der Waals surface area contributed by atoms with E-state index in [1.165, 1.54) is 13.2 Å². The van der Waals surface area contributed by atoms with Crippen molar-refractivity contribution in [2.24, 2.45) is 0 Å². The Morgan fingerprint density at radius 2 is 2.03 bits per heavy atom. The molecule has 0 atom stereocenters. The van der Waals surface area contributed by atoms with Gasteiger partial charge in [-0.2, -0.15) is 0 Å². The minimum atomic E-state index is -1.17. The van der Waals surface area contributed by atoms with Gasteiger partial charge in [-0.15, -0.1) is 0 Å². The van der Waals surface area contributed by atoms with E-state index in [0.717, 1.165) is 5.39 Å². The summed E-state index contributed by atoms with van der Waals surface area (Å²) in [5.41, 5.74) is 2.64. The van der Waals surface area contributed by atoms with Crippen LogP contribution in [0, 0.1) is 5.82 Å². The quantitative estimate of drug-likeness (QED) is 0.437. The molecule has 1 fully saturated rings. The minimum absolute atomic E-state index is 0.230. The van der Waals surface area contributed by atoms with Crippen LogP contribution >= 0.6 is 0 Å². The average molecular weight is 412 g/mol. The summed E-state index contributed by atoms with van der Waals surface area (Å²) in [6.07, 6.45) is 3.84. The zero-order valence-corrected chi connectivity index (χ0v) is 16.3. The van der Waals surface area contributed by atoms with E-state index in [0.29, 0.717) is 36.0 Å². The number of benzene rings is 1. The zero-order chi connectivity index (χ0) is 21.1. The van der Waals surface area contributed by atoms with Crippen LogP contribution in [0.25, 0.3) is 10.9 Å². The van der Waals surface area contributed by atoms with Gasteiger partial charge in [0.15, 0.2) is 0 Å². The number of nitrogens with one attached hydrogen (secondary N) is 2. The standard InChI is InChI=1S/C21H21FN4O4/c1-29-19-11-18-14(12-24-19)17(4-7-23-18)25-13-2-3-15(16(22)10-13)21(20(27)26-28)5-8-30-9-6-21/h2-4,7,10-12,28H,5-6,8-9H2,1H3,(H,23,25)(H,26,27). The second-order valence-electron chi connectivity index (χ2n) is 7.06. The van der Waals surface area contributed by atoms with E-state index in [1.54, 1.807) is 42.1 Å². The first kappa shape index (κ1) is 20.0. The maximum atomic E-state index is 15.1. The topological polar surface area (TPSA) is 106 Å². The second-order valence-corrected chi connectivity index (χ2v) is 7.06. The number of carbonyl (C=O) groups excluding carboxylic acids is 1. The van der Waals surface area contributed by atoms with Crippen LogP contribution in [0.15, 0.2) is 42.7 Å². The van der Waals surface area contributed by atoms with Gasteiger partial charge < -0.3 is 14.8 Å². The minimum Gasteiger partial charge on any atom is -0.481 e. The molecule has 8 nitrogen and oxygen atoms in total. The number of hydrogen-bond donors (Lipinski definition) is 3. The molecule has 2 aromatic heterocycles. The number of rotatable bonds is 5. The molecule has 1 saturated heterocycles. The van der Waals surface area contributed by atoms with Crippen LogP contribution in [-0.4, -0.2) is 41.4 Å². The van der Waals surface area contributed by atoms with Crippen molar-refractivity contribution in [2.45, 2.75) is 18.3 Å². The maximum absolute atomic E-state index is 15.1. The molecule has 0 bridgehead atoms. The van der Waals surface area contributed by atoms with Gasteiger partial charge in [0.25, 0.3) is 5.91 Å². The van der Waals surface area contributed by atoms with Crippen LogP contribution in [0.4, 0.5) is 15.8 Å². The van der Waals surface area contributed by atoms with Gasteiger partial charge in [-0.05, 0) is 31.0 Å². The summed E-state index contributed by atoms with van der Waals surface area (Å²) in [5, 5.41) is 13.1. The molecule has 9 heteroatoms. The molecule has 0 spiro atoms. The number of methoxy groups -OCH3 is 1. The number of hydroxylamine groups is 1. The Hall–Kier alpha value is -3.30. The molecule has 30 heavy (non-hydrogen) atoms. The Balaban J connectivity index is 1.67. The highest BCUT2D eigenvalue weighted by molar-refractivity contribution is 5.93. The summed E-state index contributed by atoms with van der Waals surface area (Å²) in [7, 11) is 1.53. The van der Waals surface area contributed by atoms with Crippen LogP contribution in [-0.2, 0) is 14.9 Å². The first-order chi connectivity index (χ1) is 14.6. The second kappa shape index (κ2) is 8.21. The SMILES string of the molecule is COc1cc2nccc(Nc3ccc(C4(C(=O)NO)CCOCC4)c(F)c3)c2cn1. The Labute approximate surface area is 172 Å². The van der Waals surface area contributed by atoms with Gasteiger partial charge in [0.1, 0.15) is 5.82 Å². The lowest BCUT2D eigenvalue weighted by atomic mass is 9.73. The van der Waals surface area contributed by atoms with Gasteiger partial charge >= 0.3 is 0 Å². The van der Waals surface area contributed by atoms with E-state index >= 15 is 4.39 Å². The maximum Gasteiger partial charge on any atom is 0.254 e. The molecule has 0 saturated carbocycles. The number of hydrogen-bond acceptors (Lipinski definition) is 7. The molecule has 3 heterocycles. The smallest absolute Gasteiger partial charge is 0.254 e.